The van der Waals surface area contributed by atoms with Gasteiger partial charge in [-0.3, -0.25) is 14.6 Å². The van der Waals surface area contributed by atoms with Crippen LogP contribution < -0.4 is 20.5 Å². The maximum atomic E-state index is 13.3. The minimum absolute atomic E-state index is 0.0914. The van der Waals surface area contributed by atoms with E-state index in [0.717, 1.165) is 12.1 Å². The molecule has 0 saturated carbocycles. The van der Waals surface area contributed by atoms with Gasteiger partial charge in [0.15, 0.2) is 11.5 Å². The molecule has 3 N–H and O–H groups in total. The topological polar surface area (TPSA) is 104 Å². The number of carbonyl (C=O) groups is 2. The molecule has 166 valence electrons. The normalized spacial score (nSPS) is 11.0. The summed E-state index contributed by atoms with van der Waals surface area (Å²) in [6.45, 7) is 0. The van der Waals surface area contributed by atoms with E-state index in [1.807, 2.05) is 0 Å². The second kappa shape index (κ2) is 9.15. The van der Waals surface area contributed by atoms with Gasteiger partial charge in [-0.2, -0.15) is 13.2 Å². The fraction of sp³-hybridized carbons (Fsp3) is 0.0952. The summed E-state index contributed by atoms with van der Waals surface area (Å²) in [7, 11) is 1.37. The van der Waals surface area contributed by atoms with Crippen molar-refractivity contribution in [1.82, 2.24) is 4.98 Å². The van der Waals surface area contributed by atoms with Crippen LogP contribution in [0.5, 0.6) is 17.2 Å². The maximum Gasteiger partial charge on any atom is 0.416 e. The first kappa shape index (κ1) is 22.9. The highest BCUT2D eigenvalue weighted by atomic mass is 35.5. The van der Waals surface area contributed by atoms with Crippen molar-refractivity contribution < 1.29 is 32.2 Å². The Morgan fingerprint density at radius 3 is 2.41 bits per heavy atom. The van der Waals surface area contributed by atoms with Crippen molar-refractivity contribution in [2.75, 3.05) is 12.4 Å². The third kappa shape index (κ3) is 5.27. The number of methoxy groups -OCH3 is 1. The van der Waals surface area contributed by atoms with Gasteiger partial charge < -0.3 is 20.5 Å². The lowest BCUT2D eigenvalue weighted by atomic mass is 10.1. The number of aromatic nitrogens is 1. The van der Waals surface area contributed by atoms with Crippen LogP contribution in [0.15, 0.2) is 54.7 Å². The first-order valence-corrected chi connectivity index (χ1v) is 9.26. The summed E-state index contributed by atoms with van der Waals surface area (Å²) in [6, 6.07) is 9.41. The van der Waals surface area contributed by atoms with Crippen LogP contribution in [0, 0.1) is 0 Å². The first-order chi connectivity index (χ1) is 15.1. The van der Waals surface area contributed by atoms with Crippen molar-refractivity contribution in [2.24, 2.45) is 5.73 Å². The first-order valence-electron chi connectivity index (χ1n) is 8.88. The number of halogens is 4. The van der Waals surface area contributed by atoms with Gasteiger partial charge in [0.05, 0.1) is 18.2 Å². The Morgan fingerprint density at radius 2 is 1.75 bits per heavy atom. The molecule has 0 aliphatic heterocycles. The quantitative estimate of drug-likeness (QED) is 0.538. The molecule has 1 aromatic heterocycles. The van der Waals surface area contributed by atoms with Crippen LogP contribution in [0.4, 0.5) is 18.9 Å². The Labute approximate surface area is 184 Å². The second-order valence-corrected chi connectivity index (χ2v) is 6.79. The molecule has 1 heterocycles. The number of primary amides is 1. The van der Waals surface area contributed by atoms with E-state index in [2.05, 4.69) is 10.3 Å². The number of nitrogens with two attached hydrogens (primary N) is 1. The number of alkyl halides is 3. The van der Waals surface area contributed by atoms with Gasteiger partial charge >= 0.3 is 6.18 Å². The van der Waals surface area contributed by atoms with Gasteiger partial charge in [0.25, 0.3) is 11.8 Å². The Kier molecular flexibility index (Phi) is 6.54. The number of anilines is 1. The van der Waals surface area contributed by atoms with Crippen molar-refractivity contribution in [3.05, 3.63) is 76.6 Å². The number of amides is 2. The molecule has 32 heavy (non-hydrogen) atoms. The van der Waals surface area contributed by atoms with E-state index in [1.165, 1.54) is 43.6 Å². The second-order valence-electron chi connectivity index (χ2n) is 6.35. The molecule has 11 heteroatoms. The number of nitrogens with one attached hydrogen (secondary N) is 1. The molecular weight excluding hydrogens is 451 g/mol. The van der Waals surface area contributed by atoms with Crippen LogP contribution in [0.25, 0.3) is 0 Å². The molecule has 3 aromatic rings. The molecule has 0 aliphatic rings. The largest absolute Gasteiger partial charge is 0.493 e. The van der Waals surface area contributed by atoms with Crippen LogP contribution in [-0.2, 0) is 6.18 Å². The van der Waals surface area contributed by atoms with Crippen molar-refractivity contribution in [3.63, 3.8) is 0 Å². The third-order valence-corrected chi connectivity index (χ3v) is 4.40. The summed E-state index contributed by atoms with van der Waals surface area (Å²) in [5.74, 6) is -1.60. The SMILES string of the molecule is COc1ccc(Cl)cc1Oc1ccc(C(F)(F)F)cc1C(=O)Nc1ccnc(C(N)=O)c1. The van der Waals surface area contributed by atoms with Crippen LogP contribution in [0.2, 0.25) is 5.02 Å². The highest BCUT2D eigenvalue weighted by Crippen LogP contribution is 2.38. The zero-order valence-electron chi connectivity index (χ0n) is 16.4. The van der Waals surface area contributed by atoms with E-state index >= 15 is 0 Å². The van der Waals surface area contributed by atoms with E-state index in [0.29, 0.717) is 6.07 Å². The van der Waals surface area contributed by atoms with E-state index in [1.54, 1.807) is 0 Å². The fourth-order valence-electron chi connectivity index (χ4n) is 2.66. The van der Waals surface area contributed by atoms with Gasteiger partial charge in [0.2, 0.25) is 0 Å². The number of hydrogen-bond donors (Lipinski definition) is 2. The lowest BCUT2D eigenvalue weighted by molar-refractivity contribution is -0.137. The summed E-state index contributed by atoms with van der Waals surface area (Å²) in [5.41, 5.74) is 3.65. The van der Waals surface area contributed by atoms with Gasteiger partial charge in [0.1, 0.15) is 11.4 Å². The average molecular weight is 466 g/mol. The van der Waals surface area contributed by atoms with E-state index < -0.39 is 29.1 Å². The van der Waals surface area contributed by atoms with Gasteiger partial charge in [-0.15, -0.1) is 0 Å². The van der Waals surface area contributed by atoms with E-state index in [-0.39, 0.29) is 33.7 Å². The smallest absolute Gasteiger partial charge is 0.416 e. The van der Waals surface area contributed by atoms with Crippen LogP contribution in [0.1, 0.15) is 26.4 Å². The molecule has 7 nitrogen and oxygen atoms in total. The van der Waals surface area contributed by atoms with Gasteiger partial charge in [0, 0.05) is 23.0 Å². The molecule has 0 aliphatic carbocycles. The number of benzene rings is 2. The fourth-order valence-corrected chi connectivity index (χ4v) is 2.83. The average Bonchev–Trinajstić information content (AvgIpc) is 2.73. The van der Waals surface area contributed by atoms with Crippen LogP contribution >= 0.6 is 11.6 Å². The summed E-state index contributed by atoms with van der Waals surface area (Å²) < 4.78 is 50.6. The maximum absolute atomic E-state index is 13.3. The van der Waals surface area contributed by atoms with Crippen LogP contribution in [-0.4, -0.2) is 23.9 Å². The zero-order chi connectivity index (χ0) is 23.5. The van der Waals surface area contributed by atoms with Crippen molar-refractivity contribution >= 4 is 29.1 Å². The number of nitrogens with zero attached hydrogens (tertiary/aromatic N) is 1. The zero-order valence-corrected chi connectivity index (χ0v) is 17.1. The highest BCUT2D eigenvalue weighted by molar-refractivity contribution is 6.30. The molecule has 0 unspecified atom stereocenters. The van der Waals surface area contributed by atoms with Crippen molar-refractivity contribution in [2.45, 2.75) is 6.18 Å². The molecule has 0 spiro atoms. The molecular formula is C21H15ClF3N3O4. The molecule has 3 rings (SSSR count). The molecule has 0 atom stereocenters. The monoisotopic (exact) mass is 465 g/mol. The lowest BCUT2D eigenvalue weighted by Gasteiger charge is -2.16. The number of pyridine rings is 1. The predicted molar refractivity (Wildman–Crippen MR) is 110 cm³/mol. The number of ether oxygens (including phenoxy) is 2. The van der Waals surface area contributed by atoms with Crippen molar-refractivity contribution in [1.29, 1.82) is 0 Å². The summed E-state index contributed by atoms with van der Waals surface area (Å²) in [5, 5.41) is 2.69. The number of hydrogen-bond acceptors (Lipinski definition) is 5. The molecule has 0 fully saturated rings. The van der Waals surface area contributed by atoms with Crippen LogP contribution in [0.3, 0.4) is 0 Å². The summed E-state index contributed by atoms with van der Waals surface area (Å²) in [4.78, 5) is 27.9. The molecule has 0 radical (unpaired) electrons. The molecule has 2 aromatic carbocycles. The summed E-state index contributed by atoms with van der Waals surface area (Å²) >= 11 is 5.97. The number of carbonyl (C=O) groups excluding carboxylic acids is 2. The Balaban J connectivity index is 2.02. The van der Waals surface area contributed by atoms with Crippen molar-refractivity contribution in [3.8, 4) is 17.2 Å². The third-order valence-electron chi connectivity index (χ3n) is 4.17. The van der Waals surface area contributed by atoms with E-state index in [9.17, 15) is 22.8 Å². The number of rotatable bonds is 6. The molecule has 0 bridgehead atoms. The van der Waals surface area contributed by atoms with Gasteiger partial charge in [-0.1, -0.05) is 11.6 Å². The predicted octanol–water partition coefficient (Wildman–Crippen LogP) is 4.91. The Hall–Kier alpha value is -3.79. The lowest BCUT2D eigenvalue weighted by Crippen LogP contribution is -2.17. The minimum Gasteiger partial charge on any atom is -0.493 e. The standard InChI is InChI=1S/C21H15ClF3N3O4/c1-31-17-5-3-12(22)9-18(17)32-16-4-2-11(21(23,24)25)8-14(16)20(30)28-13-6-7-27-15(10-13)19(26)29/h2-10H,1H3,(H2,26,29)(H,27,28,30). The van der Waals surface area contributed by atoms with E-state index in [4.69, 9.17) is 26.8 Å². The Morgan fingerprint density at radius 1 is 1.03 bits per heavy atom. The summed E-state index contributed by atoms with van der Waals surface area (Å²) in [6.07, 6.45) is -3.48. The Bertz CT molecular complexity index is 1190. The highest BCUT2D eigenvalue weighted by Gasteiger charge is 2.32. The minimum atomic E-state index is -4.70. The molecule has 2 amide bonds. The van der Waals surface area contributed by atoms with Gasteiger partial charge in [-0.25, -0.2) is 0 Å². The molecule has 0 saturated heterocycles. The van der Waals surface area contributed by atoms with Gasteiger partial charge in [-0.05, 0) is 42.5 Å².